The molecular formula is C13H10N2O2S2. The lowest BCUT2D eigenvalue weighted by Crippen LogP contribution is -2.11. The third kappa shape index (κ3) is 2.45. The summed E-state index contributed by atoms with van der Waals surface area (Å²) in [7, 11) is -3.49. The molecule has 4 nitrogen and oxygen atoms in total. The van der Waals surface area contributed by atoms with Crippen LogP contribution in [0.15, 0.2) is 58.3 Å². The minimum atomic E-state index is -3.49. The van der Waals surface area contributed by atoms with Crippen molar-refractivity contribution < 1.29 is 8.42 Å². The quantitative estimate of drug-likeness (QED) is 0.806. The van der Waals surface area contributed by atoms with Gasteiger partial charge >= 0.3 is 0 Å². The number of thiophene rings is 1. The number of aromatic nitrogens is 1. The first-order chi connectivity index (χ1) is 9.15. The smallest absolute Gasteiger partial charge is 0.271 e. The van der Waals surface area contributed by atoms with Gasteiger partial charge in [-0.2, -0.15) is 0 Å². The molecular weight excluding hydrogens is 280 g/mol. The molecule has 6 heteroatoms. The second-order valence-corrected chi connectivity index (χ2v) is 6.81. The zero-order valence-corrected chi connectivity index (χ0v) is 11.4. The van der Waals surface area contributed by atoms with Crippen LogP contribution in [0.1, 0.15) is 0 Å². The Kier molecular flexibility index (Phi) is 2.96. The van der Waals surface area contributed by atoms with Crippen molar-refractivity contribution in [3.05, 3.63) is 54.0 Å². The van der Waals surface area contributed by atoms with Crippen LogP contribution in [0.4, 0.5) is 5.69 Å². The predicted molar refractivity (Wildman–Crippen MR) is 76.9 cm³/mol. The Morgan fingerprint density at radius 3 is 2.79 bits per heavy atom. The first kappa shape index (κ1) is 12.1. The highest BCUT2D eigenvalue weighted by Gasteiger charge is 2.15. The number of benzene rings is 1. The Labute approximate surface area is 114 Å². The second-order valence-electron chi connectivity index (χ2n) is 3.95. The summed E-state index contributed by atoms with van der Waals surface area (Å²) < 4.78 is 27.0. The number of nitrogens with one attached hydrogen (secondary N) is 1. The molecule has 0 bridgehead atoms. The van der Waals surface area contributed by atoms with Gasteiger partial charge in [0.15, 0.2) is 0 Å². The van der Waals surface area contributed by atoms with Gasteiger partial charge < -0.3 is 0 Å². The molecule has 2 aromatic heterocycles. The standard InChI is InChI=1S/C13H10N2O2S2/c16-19(17,13-4-2-8-18-13)15-11-5-6-12-10(9-11)3-1-7-14-12/h1-9,15H. The molecule has 1 N–H and O–H groups in total. The third-order valence-corrected chi connectivity index (χ3v) is 5.39. The molecule has 0 fully saturated rings. The zero-order valence-electron chi connectivity index (χ0n) is 9.78. The maximum Gasteiger partial charge on any atom is 0.271 e. The summed E-state index contributed by atoms with van der Waals surface area (Å²) in [6, 6.07) is 12.3. The van der Waals surface area contributed by atoms with Gasteiger partial charge in [-0.05, 0) is 35.7 Å². The molecule has 0 spiro atoms. The molecule has 96 valence electrons. The van der Waals surface area contributed by atoms with Crippen LogP contribution in [0.2, 0.25) is 0 Å². The first-order valence-electron chi connectivity index (χ1n) is 5.56. The van der Waals surface area contributed by atoms with E-state index in [0.717, 1.165) is 10.9 Å². The van der Waals surface area contributed by atoms with E-state index in [2.05, 4.69) is 9.71 Å². The van der Waals surface area contributed by atoms with Crippen molar-refractivity contribution in [1.82, 2.24) is 4.98 Å². The van der Waals surface area contributed by atoms with Gasteiger partial charge in [-0.1, -0.05) is 12.1 Å². The zero-order chi connectivity index (χ0) is 13.3. The monoisotopic (exact) mass is 290 g/mol. The first-order valence-corrected chi connectivity index (χ1v) is 7.92. The molecule has 0 saturated heterocycles. The summed E-state index contributed by atoms with van der Waals surface area (Å²) in [6.07, 6.45) is 1.71. The Hall–Kier alpha value is -1.92. The predicted octanol–water partition coefficient (Wildman–Crippen LogP) is 3.10. The van der Waals surface area contributed by atoms with Crippen molar-refractivity contribution in [3.8, 4) is 0 Å². The lowest BCUT2D eigenvalue weighted by Gasteiger charge is -2.07. The van der Waals surface area contributed by atoms with E-state index in [-0.39, 0.29) is 0 Å². The number of rotatable bonds is 3. The Bertz CT molecular complexity index is 812. The third-order valence-electron chi connectivity index (χ3n) is 2.62. The largest absolute Gasteiger partial charge is 0.279 e. The highest BCUT2D eigenvalue weighted by Crippen LogP contribution is 2.22. The molecule has 0 aliphatic carbocycles. The summed E-state index contributed by atoms with van der Waals surface area (Å²) in [6.45, 7) is 0. The fourth-order valence-electron chi connectivity index (χ4n) is 1.76. The Morgan fingerprint density at radius 2 is 2.00 bits per heavy atom. The highest BCUT2D eigenvalue weighted by molar-refractivity contribution is 7.94. The van der Waals surface area contributed by atoms with Crippen LogP contribution in [0, 0.1) is 0 Å². The summed E-state index contributed by atoms with van der Waals surface area (Å²) in [5, 5.41) is 2.63. The SMILES string of the molecule is O=S(=O)(Nc1ccc2ncccc2c1)c1cccs1. The normalized spacial score (nSPS) is 11.6. The van der Waals surface area contributed by atoms with Gasteiger partial charge in [0.05, 0.1) is 5.52 Å². The number of nitrogens with zero attached hydrogens (tertiary/aromatic N) is 1. The van der Waals surface area contributed by atoms with Crippen LogP contribution >= 0.6 is 11.3 Å². The number of sulfonamides is 1. The van der Waals surface area contributed by atoms with Gasteiger partial charge in [-0.25, -0.2) is 8.42 Å². The molecule has 0 atom stereocenters. The Morgan fingerprint density at radius 1 is 1.11 bits per heavy atom. The van der Waals surface area contributed by atoms with E-state index in [9.17, 15) is 8.42 Å². The number of pyridine rings is 1. The molecule has 0 saturated carbocycles. The van der Waals surface area contributed by atoms with Crippen molar-refractivity contribution in [2.24, 2.45) is 0 Å². The highest BCUT2D eigenvalue weighted by atomic mass is 32.2. The summed E-state index contributed by atoms with van der Waals surface area (Å²) >= 11 is 1.19. The fraction of sp³-hybridized carbons (Fsp3) is 0. The minimum absolute atomic E-state index is 0.304. The van der Waals surface area contributed by atoms with E-state index in [1.54, 1.807) is 41.9 Å². The second kappa shape index (κ2) is 4.64. The lowest BCUT2D eigenvalue weighted by molar-refractivity contribution is 0.603. The van der Waals surface area contributed by atoms with E-state index < -0.39 is 10.0 Å². The van der Waals surface area contributed by atoms with E-state index in [4.69, 9.17) is 0 Å². The molecule has 1 aromatic carbocycles. The maximum atomic E-state index is 12.1. The average Bonchev–Trinajstić information content (AvgIpc) is 2.93. The van der Waals surface area contributed by atoms with Gasteiger partial charge in [0.1, 0.15) is 4.21 Å². The van der Waals surface area contributed by atoms with Crippen LogP contribution in [0.3, 0.4) is 0 Å². The van der Waals surface area contributed by atoms with Crippen molar-refractivity contribution >= 4 is 38.0 Å². The van der Waals surface area contributed by atoms with Gasteiger partial charge in [-0.3, -0.25) is 9.71 Å². The van der Waals surface area contributed by atoms with Gasteiger partial charge in [0.2, 0.25) is 0 Å². The molecule has 3 aromatic rings. The van der Waals surface area contributed by atoms with Gasteiger partial charge in [-0.15, -0.1) is 11.3 Å². The van der Waals surface area contributed by atoms with Crippen LogP contribution in [-0.4, -0.2) is 13.4 Å². The maximum absolute atomic E-state index is 12.1. The fourth-order valence-corrected chi connectivity index (χ4v) is 3.80. The molecule has 0 aliphatic heterocycles. The van der Waals surface area contributed by atoms with E-state index in [1.807, 2.05) is 12.1 Å². The molecule has 2 heterocycles. The van der Waals surface area contributed by atoms with E-state index >= 15 is 0 Å². The van der Waals surface area contributed by atoms with Crippen molar-refractivity contribution in [2.45, 2.75) is 4.21 Å². The van der Waals surface area contributed by atoms with Gasteiger partial charge in [0.25, 0.3) is 10.0 Å². The van der Waals surface area contributed by atoms with E-state index in [0.29, 0.717) is 9.90 Å². The summed E-state index contributed by atoms with van der Waals surface area (Å²) in [5.41, 5.74) is 1.37. The van der Waals surface area contributed by atoms with Crippen LogP contribution in [-0.2, 0) is 10.0 Å². The average molecular weight is 290 g/mol. The Balaban J connectivity index is 1.98. The summed E-state index contributed by atoms with van der Waals surface area (Å²) in [5.74, 6) is 0. The van der Waals surface area contributed by atoms with E-state index in [1.165, 1.54) is 11.3 Å². The number of anilines is 1. The van der Waals surface area contributed by atoms with Crippen LogP contribution in [0.25, 0.3) is 10.9 Å². The van der Waals surface area contributed by atoms with Gasteiger partial charge in [0, 0.05) is 17.3 Å². The lowest BCUT2D eigenvalue weighted by atomic mass is 10.2. The number of hydrogen-bond acceptors (Lipinski definition) is 4. The van der Waals surface area contributed by atoms with Crippen molar-refractivity contribution in [2.75, 3.05) is 4.72 Å². The number of hydrogen-bond donors (Lipinski definition) is 1. The topological polar surface area (TPSA) is 59.1 Å². The van der Waals surface area contributed by atoms with Crippen LogP contribution < -0.4 is 4.72 Å². The molecule has 0 amide bonds. The van der Waals surface area contributed by atoms with Crippen LogP contribution in [0.5, 0.6) is 0 Å². The molecule has 0 radical (unpaired) electrons. The molecule has 0 unspecified atom stereocenters. The van der Waals surface area contributed by atoms with Crippen molar-refractivity contribution in [1.29, 1.82) is 0 Å². The van der Waals surface area contributed by atoms with Crippen molar-refractivity contribution in [3.63, 3.8) is 0 Å². The molecule has 0 aliphatic rings. The molecule has 3 rings (SSSR count). The summed E-state index contributed by atoms with van der Waals surface area (Å²) in [4.78, 5) is 4.19. The molecule has 19 heavy (non-hydrogen) atoms. The number of fused-ring (bicyclic) bond motifs is 1. The minimum Gasteiger partial charge on any atom is -0.279 e.